The Morgan fingerprint density at radius 2 is 1.22 bits per heavy atom. The molecule has 2 saturated carbocycles. The molecule has 0 N–H and O–H groups in total. The molecule has 298 valence electrons. The van der Waals surface area contributed by atoms with E-state index in [1.54, 1.807) is 5.57 Å². The summed E-state index contributed by atoms with van der Waals surface area (Å²) in [7, 11) is 0. The average Bonchev–Trinajstić information content (AvgIpc) is 3.95. The molecule has 1 aliphatic heterocycles. The summed E-state index contributed by atoms with van der Waals surface area (Å²) >= 11 is 2.08. The maximum Gasteiger partial charge on any atom is 0.0934 e. The van der Waals surface area contributed by atoms with Gasteiger partial charge in [-0.15, -0.1) is 11.8 Å². The Bertz CT molecular complexity index is 2660. The van der Waals surface area contributed by atoms with Gasteiger partial charge in [-0.1, -0.05) is 166 Å². The van der Waals surface area contributed by atoms with Crippen molar-refractivity contribution in [3.63, 3.8) is 0 Å². The van der Waals surface area contributed by atoms with Gasteiger partial charge in [0.1, 0.15) is 0 Å². The lowest BCUT2D eigenvalue weighted by atomic mass is 9.79. The maximum atomic E-state index is 5.52. The molecule has 0 amide bonds. The summed E-state index contributed by atoms with van der Waals surface area (Å²) in [6, 6.07) is 41.8. The zero-order valence-corrected chi connectivity index (χ0v) is 35.1. The third-order valence-corrected chi connectivity index (χ3v) is 14.9. The number of benzene rings is 4. The Hall–Kier alpha value is -5.65. The molecule has 5 heteroatoms. The summed E-state index contributed by atoms with van der Waals surface area (Å²) in [5.41, 5.74) is 16.0. The normalized spacial score (nSPS) is 20.6. The molecule has 2 unspecified atom stereocenters. The molecular formula is C55H52N4S. The number of aromatic nitrogens is 4. The minimum atomic E-state index is 0.221. The van der Waals surface area contributed by atoms with Crippen molar-refractivity contribution in [2.45, 2.75) is 92.6 Å². The largest absolute Gasteiger partial charge is 0.237 e. The molecule has 2 aromatic heterocycles. The molecule has 5 aliphatic rings. The maximum absolute atomic E-state index is 5.52. The second kappa shape index (κ2) is 16.4. The van der Waals surface area contributed by atoms with Crippen LogP contribution in [0.15, 0.2) is 168 Å². The second-order valence-electron chi connectivity index (χ2n) is 17.4. The van der Waals surface area contributed by atoms with E-state index in [9.17, 15) is 0 Å². The van der Waals surface area contributed by atoms with Gasteiger partial charge in [0.15, 0.2) is 0 Å². The fourth-order valence-electron chi connectivity index (χ4n) is 10.5. The molecule has 4 nitrogen and oxygen atoms in total. The van der Waals surface area contributed by atoms with Crippen LogP contribution >= 0.6 is 11.8 Å². The number of allylic oxidation sites excluding steroid dienone is 8. The molecule has 2 atom stereocenters. The van der Waals surface area contributed by atoms with Crippen LogP contribution in [0.3, 0.4) is 0 Å². The van der Waals surface area contributed by atoms with Crippen molar-refractivity contribution in [3.05, 3.63) is 180 Å². The van der Waals surface area contributed by atoms with Crippen LogP contribution in [-0.4, -0.2) is 24.8 Å². The Kier molecular flexibility index (Phi) is 10.2. The van der Waals surface area contributed by atoms with E-state index < -0.39 is 0 Å². The van der Waals surface area contributed by atoms with Crippen LogP contribution in [0.1, 0.15) is 99.3 Å². The Balaban J connectivity index is 1.14. The SMILES string of the molecule is C1=CCC(c2cc(-c3ccccc3)nn2C2=CC3=CC(Sc4c(-n5nc(-c6ccccc6)cc5-c5ccccc5)ccc(C5CCCCC5)c43)C(C3CCCCC3)=C2)C=C1. The highest BCUT2D eigenvalue weighted by atomic mass is 32.2. The molecule has 4 aromatic carbocycles. The third kappa shape index (κ3) is 7.11. The van der Waals surface area contributed by atoms with Crippen LogP contribution < -0.4 is 0 Å². The summed E-state index contributed by atoms with van der Waals surface area (Å²) in [5, 5.41) is 11.2. The van der Waals surface area contributed by atoms with Gasteiger partial charge in [0.2, 0.25) is 0 Å². The van der Waals surface area contributed by atoms with Crippen molar-refractivity contribution in [1.82, 2.24) is 19.6 Å². The standard InChI is InChI=1S/C55H52N4S/c1-7-19-38(20-8-1)46-31-32-50(59-52(43-29-17-6-18-30-43)37-49(57-59)41-25-13-4-14-26-41)55-54(46)44-33-45(35-47(53(34-44)60-55)39-21-9-2-10-22-39)58-51(42-27-15-5-16-28-42)36-48(56-58)40-23-11-3-12-24-40/h3-6,11-18,23-27,29-39,42,53H,1-2,7-10,19-22,28H2. The lowest BCUT2D eigenvalue weighted by Gasteiger charge is -2.33. The number of rotatable bonds is 8. The van der Waals surface area contributed by atoms with E-state index >= 15 is 0 Å². The zero-order valence-electron chi connectivity index (χ0n) is 34.3. The number of fused-ring (bicyclic) bond motifs is 3. The highest BCUT2D eigenvalue weighted by molar-refractivity contribution is 8.00. The summed E-state index contributed by atoms with van der Waals surface area (Å²) in [6.45, 7) is 0. The molecule has 2 fully saturated rings. The highest BCUT2D eigenvalue weighted by Crippen LogP contribution is 2.53. The fraction of sp³-hybridized carbons (Fsp3) is 0.273. The zero-order chi connectivity index (χ0) is 39.8. The van der Waals surface area contributed by atoms with Crippen molar-refractivity contribution in [2.75, 3.05) is 0 Å². The minimum Gasteiger partial charge on any atom is -0.237 e. The van der Waals surface area contributed by atoms with Gasteiger partial charge in [0.05, 0.1) is 39.4 Å². The number of hydrogen-bond acceptors (Lipinski definition) is 3. The van der Waals surface area contributed by atoms with Gasteiger partial charge in [0, 0.05) is 33.1 Å². The predicted octanol–water partition coefficient (Wildman–Crippen LogP) is 14.6. The van der Waals surface area contributed by atoms with Crippen molar-refractivity contribution in [3.8, 4) is 39.5 Å². The molecule has 2 bridgehead atoms. The van der Waals surface area contributed by atoms with Gasteiger partial charge in [-0.2, -0.15) is 10.2 Å². The van der Waals surface area contributed by atoms with Gasteiger partial charge in [0.25, 0.3) is 0 Å². The van der Waals surface area contributed by atoms with E-state index in [-0.39, 0.29) is 11.2 Å². The fourth-order valence-corrected chi connectivity index (χ4v) is 12.0. The lowest BCUT2D eigenvalue weighted by molar-refractivity contribution is 0.400. The van der Waals surface area contributed by atoms with Crippen LogP contribution in [-0.2, 0) is 0 Å². The van der Waals surface area contributed by atoms with Crippen LogP contribution in [0.4, 0.5) is 0 Å². The molecule has 0 saturated heterocycles. The molecule has 60 heavy (non-hydrogen) atoms. The first-order chi connectivity index (χ1) is 29.7. The van der Waals surface area contributed by atoms with E-state index in [0.29, 0.717) is 11.8 Å². The van der Waals surface area contributed by atoms with Crippen molar-refractivity contribution < 1.29 is 0 Å². The predicted molar refractivity (Wildman–Crippen MR) is 250 cm³/mol. The summed E-state index contributed by atoms with van der Waals surface area (Å²) in [5.74, 6) is 1.34. The molecule has 4 aliphatic carbocycles. The Labute approximate surface area is 359 Å². The van der Waals surface area contributed by atoms with Crippen molar-refractivity contribution in [2.24, 2.45) is 5.92 Å². The van der Waals surface area contributed by atoms with Crippen molar-refractivity contribution >= 4 is 23.0 Å². The van der Waals surface area contributed by atoms with Gasteiger partial charge in [-0.25, -0.2) is 9.36 Å². The quantitative estimate of drug-likeness (QED) is 0.154. The summed E-state index contributed by atoms with van der Waals surface area (Å²) in [4.78, 5) is 1.37. The summed E-state index contributed by atoms with van der Waals surface area (Å²) in [6.07, 6.45) is 30.6. The van der Waals surface area contributed by atoms with E-state index in [1.807, 2.05) is 0 Å². The molecule has 0 spiro atoms. The van der Waals surface area contributed by atoms with E-state index in [1.165, 1.54) is 108 Å². The number of thioether (sulfide) groups is 1. The van der Waals surface area contributed by atoms with Gasteiger partial charge >= 0.3 is 0 Å². The minimum absolute atomic E-state index is 0.221. The monoisotopic (exact) mass is 800 g/mol. The van der Waals surface area contributed by atoms with Crippen LogP contribution in [0.5, 0.6) is 0 Å². The van der Waals surface area contributed by atoms with E-state index in [0.717, 1.165) is 34.6 Å². The van der Waals surface area contributed by atoms with Crippen LogP contribution in [0.25, 0.3) is 50.7 Å². The highest BCUT2D eigenvalue weighted by Gasteiger charge is 2.35. The molecule has 6 aromatic rings. The number of hydrogen-bond donors (Lipinski definition) is 0. The van der Waals surface area contributed by atoms with Crippen LogP contribution in [0, 0.1) is 5.92 Å². The van der Waals surface area contributed by atoms with E-state index in [2.05, 4.69) is 179 Å². The van der Waals surface area contributed by atoms with Crippen molar-refractivity contribution in [1.29, 1.82) is 0 Å². The van der Waals surface area contributed by atoms with E-state index in [4.69, 9.17) is 10.2 Å². The van der Waals surface area contributed by atoms with Crippen LogP contribution in [0.2, 0.25) is 0 Å². The average molecular weight is 801 g/mol. The summed E-state index contributed by atoms with van der Waals surface area (Å²) < 4.78 is 4.59. The molecular weight excluding hydrogens is 749 g/mol. The topological polar surface area (TPSA) is 35.6 Å². The molecule has 3 heterocycles. The molecule has 11 rings (SSSR count). The molecule has 0 radical (unpaired) electrons. The smallest absolute Gasteiger partial charge is 0.0934 e. The van der Waals surface area contributed by atoms with Gasteiger partial charge in [-0.3, -0.25) is 0 Å². The lowest BCUT2D eigenvalue weighted by Crippen LogP contribution is -2.20. The first-order valence-corrected chi connectivity index (χ1v) is 23.3. The second-order valence-corrected chi connectivity index (χ2v) is 18.5. The third-order valence-electron chi connectivity index (χ3n) is 13.6. The first-order valence-electron chi connectivity index (χ1n) is 22.4. The Morgan fingerprint density at radius 3 is 1.88 bits per heavy atom. The number of nitrogens with zero attached hydrogens (tertiary/aromatic N) is 4. The Morgan fingerprint density at radius 1 is 0.583 bits per heavy atom. The first kappa shape index (κ1) is 37.4. The van der Waals surface area contributed by atoms with Gasteiger partial charge in [-0.05, 0) is 91.0 Å². The van der Waals surface area contributed by atoms with Gasteiger partial charge < -0.3 is 0 Å².